The molecule has 1 aromatic carbocycles. The Kier molecular flexibility index (Phi) is 4.56. The van der Waals surface area contributed by atoms with Crippen molar-refractivity contribution in [2.45, 2.75) is 39.3 Å². The largest absolute Gasteiger partial charge is 0.467 e. The van der Waals surface area contributed by atoms with Crippen molar-refractivity contribution < 1.29 is 13.6 Å². The molecule has 4 rings (SSSR count). The van der Waals surface area contributed by atoms with Gasteiger partial charge in [0.25, 0.3) is 5.91 Å². The fraction of sp³-hybridized carbons (Fsp3) is 0.333. The van der Waals surface area contributed by atoms with E-state index in [1.807, 2.05) is 17.8 Å². The van der Waals surface area contributed by atoms with E-state index in [2.05, 4.69) is 5.10 Å². The van der Waals surface area contributed by atoms with Gasteiger partial charge in [-0.1, -0.05) is 6.07 Å². The van der Waals surface area contributed by atoms with Crippen LogP contribution in [0.4, 0.5) is 4.39 Å². The van der Waals surface area contributed by atoms with Crippen LogP contribution in [-0.2, 0) is 33.0 Å². The smallest absolute Gasteiger partial charge is 0.254 e. The molecule has 27 heavy (non-hydrogen) atoms. The van der Waals surface area contributed by atoms with E-state index in [1.54, 1.807) is 36.3 Å². The number of rotatable bonds is 5. The Balaban J connectivity index is 1.65. The van der Waals surface area contributed by atoms with Crippen molar-refractivity contribution in [2.75, 3.05) is 0 Å². The number of carbonyl (C=O) groups is 1. The number of fused-ring (bicyclic) bond motifs is 1. The van der Waals surface area contributed by atoms with Gasteiger partial charge in [-0.3, -0.25) is 9.48 Å². The average Bonchev–Trinajstić information content (AvgIpc) is 3.37. The molecule has 1 amide bonds. The van der Waals surface area contributed by atoms with E-state index >= 15 is 0 Å². The van der Waals surface area contributed by atoms with Gasteiger partial charge in [-0.05, 0) is 61.6 Å². The molecule has 0 spiro atoms. The van der Waals surface area contributed by atoms with Gasteiger partial charge in [0.2, 0.25) is 0 Å². The van der Waals surface area contributed by atoms with E-state index in [4.69, 9.17) is 4.42 Å². The highest BCUT2D eigenvalue weighted by molar-refractivity contribution is 5.94. The Morgan fingerprint density at radius 1 is 1.30 bits per heavy atom. The zero-order valence-electron chi connectivity index (χ0n) is 15.5. The van der Waals surface area contributed by atoms with E-state index in [-0.39, 0.29) is 11.7 Å². The molecule has 0 unspecified atom stereocenters. The average molecular weight is 367 g/mol. The number of hydrogen-bond acceptors (Lipinski definition) is 3. The summed E-state index contributed by atoms with van der Waals surface area (Å²) in [6.07, 6.45) is 4.71. The molecular weight excluding hydrogens is 345 g/mol. The molecule has 0 bridgehead atoms. The van der Waals surface area contributed by atoms with Crippen LogP contribution in [-0.4, -0.2) is 20.6 Å². The molecular formula is C21H22FN3O2. The van der Waals surface area contributed by atoms with Crippen LogP contribution in [0.5, 0.6) is 0 Å². The first kappa shape index (κ1) is 17.5. The second-order valence-corrected chi connectivity index (χ2v) is 7.05. The van der Waals surface area contributed by atoms with E-state index in [0.29, 0.717) is 30.0 Å². The Labute approximate surface area is 157 Å². The molecule has 1 aliphatic rings. The summed E-state index contributed by atoms with van der Waals surface area (Å²) in [5.74, 6) is 0.0729. The van der Waals surface area contributed by atoms with Gasteiger partial charge in [0, 0.05) is 18.3 Å². The van der Waals surface area contributed by atoms with Crippen LogP contribution < -0.4 is 0 Å². The Morgan fingerprint density at radius 3 is 2.89 bits per heavy atom. The van der Waals surface area contributed by atoms with E-state index < -0.39 is 0 Å². The first-order chi connectivity index (χ1) is 13.0. The highest BCUT2D eigenvalue weighted by Crippen LogP contribution is 2.26. The highest BCUT2D eigenvalue weighted by Gasteiger charge is 2.25. The number of aromatic nitrogens is 2. The summed E-state index contributed by atoms with van der Waals surface area (Å²) in [5, 5.41) is 4.63. The van der Waals surface area contributed by atoms with Crippen molar-refractivity contribution in [1.82, 2.24) is 14.7 Å². The number of nitrogens with zero attached hydrogens (tertiary/aromatic N) is 3. The number of halogens is 1. The minimum absolute atomic E-state index is 0.234. The second-order valence-electron chi connectivity index (χ2n) is 7.05. The molecule has 140 valence electrons. The summed E-state index contributed by atoms with van der Waals surface area (Å²) >= 11 is 0. The summed E-state index contributed by atoms with van der Waals surface area (Å²) in [6, 6.07) is 8.22. The van der Waals surface area contributed by atoms with Gasteiger partial charge in [0.1, 0.15) is 11.6 Å². The Bertz CT molecular complexity index is 976. The molecule has 0 aliphatic heterocycles. The fourth-order valence-corrected chi connectivity index (χ4v) is 3.70. The van der Waals surface area contributed by atoms with Crippen LogP contribution in [0, 0.1) is 12.7 Å². The third kappa shape index (κ3) is 3.39. The van der Waals surface area contributed by atoms with E-state index in [1.165, 1.54) is 17.3 Å². The van der Waals surface area contributed by atoms with Gasteiger partial charge in [-0.15, -0.1) is 0 Å². The van der Waals surface area contributed by atoms with Crippen LogP contribution in [0.15, 0.2) is 41.0 Å². The lowest BCUT2D eigenvalue weighted by Gasteiger charge is -2.21. The van der Waals surface area contributed by atoms with Gasteiger partial charge in [-0.25, -0.2) is 4.39 Å². The van der Waals surface area contributed by atoms with E-state index in [0.717, 1.165) is 25.0 Å². The quantitative estimate of drug-likeness (QED) is 0.689. The van der Waals surface area contributed by atoms with Gasteiger partial charge in [0.15, 0.2) is 0 Å². The Morgan fingerprint density at radius 2 is 2.15 bits per heavy atom. The SMILES string of the molecule is Cc1ccc(C(=O)N(Cc2ccco2)Cc2nn(C)c3c2CCC3)cc1F. The first-order valence-corrected chi connectivity index (χ1v) is 9.14. The zero-order chi connectivity index (χ0) is 19.0. The number of furan rings is 1. The van der Waals surface area contributed by atoms with Crippen molar-refractivity contribution in [3.8, 4) is 0 Å². The second kappa shape index (κ2) is 7.02. The lowest BCUT2D eigenvalue weighted by atomic mass is 10.1. The molecule has 3 aromatic rings. The fourth-order valence-electron chi connectivity index (χ4n) is 3.70. The maximum Gasteiger partial charge on any atom is 0.254 e. The molecule has 0 atom stereocenters. The third-order valence-corrected chi connectivity index (χ3v) is 5.17. The molecule has 0 radical (unpaired) electrons. The molecule has 6 heteroatoms. The van der Waals surface area contributed by atoms with Gasteiger partial charge in [0.05, 0.1) is 25.0 Å². The molecule has 0 saturated carbocycles. The number of benzene rings is 1. The third-order valence-electron chi connectivity index (χ3n) is 5.17. The summed E-state index contributed by atoms with van der Waals surface area (Å²) in [4.78, 5) is 14.8. The molecule has 0 N–H and O–H groups in total. The molecule has 1 aliphatic carbocycles. The minimum atomic E-state index is -0.377. The minimum Gasteiger partial charge on any atom is -0.467 e. The van der Waals surface area contributed by atoms with Crippen molar-refractivity contribution in [3.05, 3.63) is 76.3 Å². The van der Waals surface area contributed by atoms with Crippen LogP contribution in [0.25, 0.3) is 0 Å². The first-order valence-electron chi connectivity index (χ1n) is 9.14. The summed E-state index contributed by atoms with van der Waals surface area (Å²) in [7, 11) is 1.95. The van der Waals surface area contributed by atoms with Crippen LogP contribution in [0.3, 0.4) is 0 Å². The van der Waals surface area contributed by atoms with E-state index in [9.17, 15) is 9.18 Å². The van der Waals surface area contributed by atoms with Crippen molar-refractivity contribution in [2.24, 2.45) is 7.05 Å². The summed E-state index contributed by atoms with van der Waals surface area (Å²) < 4.78 is 21.3. The standard InChI is InChI=1S/C21H22FN3O2/c1-14-8-9-15(11-18(14)22)21(26)25(12-16-5-4-10-27-16)13-19-17-6-3-7-20(17)24(2)23-19/h4-5,8-11H,3,6-7,12-13H2,1-2H3. The predicted molar refractivity (Wildman–Crippen MR) is 98.7 cm³/mol. The lowest BCUT2D eigenvalue weighted by Crippen LogP contribution is -2.30. The topological polar surface area (TPSA) is 51.3 Å². The van der Waals surface area contributed by atoms with Crippen molar-refractivity contribution >= 4 is 5.91 Å². The number of aryl methyl sites for hydroxylation is 2. The predicted octanol–water partition coefficient (Wildman–Crippen LogP) is 3.79. The van der Waals surface area contributed by atoms with Crippen LogP contribution in [0.1, 0.15) is 45.1 Å². The monoisotopic (exact) mass is 367 g/mol. The van der Waals surface area contributed by atoms with Gasteiger partial charge >= 0.3 is 0 Å². The van der Waals surface area contributed by atoms with Crippen molar-refractivity contribution in [1.29, 1.82) is 0 Å². The molecule has 0 saturated heterocycles. The lowest BCUT2D eigenvalue weighted by molar-refractivity contribution is 0.0714. The molecule has 0 fully saturated rings. The maximum absolute atomic E-state index is 14.0. The van der Waals surface area contributed by atoms with Gasteiger partial charge in [-0.2, -0.15) is 5.10 Å². The highest BCUT2D eigenvalue weighted by atomic mass is 19.1. The van der Waals surface area contributed by atoms with Crippen LogP contribution in [0.2, 0.25) is 0 Å². The molecule has 5 nitrogen and oxygen atoms in total. The summed E-state index contributed by atoms with van der Waals surface area (Å²) in [6.45, 7) is 2.37. The normalized spacial score (nSPS) is 13.0. The Hall–Kier alpha value is -2.89. The molecule has 2 aromatic heterocycles. The maximum atomic E-state index is 14.0. The number of hydrogen-bond donors (Lipinski definition) is 0. The van der Waals surface area contributed by atoms with Crippen molar-refractivity contribution in [3.63, 3.8) is 0 Å². The van der Waals surface area contributed by atoms with Gasteiger partial charge < -0.3 is 9.32 Å². The number of carbonyl (C=O) groups excluding carboxylic acids is 1. The summed E-state index contributed by atoms with van der Waals surface area (Å²) in [5.41, 5.74) is 4.25. The molecule has 2 heterocycles. The number of amides is 1. The zero-order valence-corrected chi connectivity index (χ0v) is 15.5. The van der Waals surface area contributed by atoms with Crippen LogP contribution >= 0.6 is 0 Å².